The number of hydrogen-bond acceptors (Lipinski definition) is 15. The zero-order valence-electron chi connectivity index (χ0n) is 31.5. The molecule has 1 aliphatic rings. The van der Waals surface area contributed by atoms with Gasteiger partial charge in [0.2, 0.25) is 18.1 Å². The summed E-state index contributed by atoms with van der Waals surface area (Å²) < 4.78 is 33.2. The molecule has 19 nitrogen and oxygen atoms in total. The zero-order chi connectivity index (χ0) is 40.9. The predicted octanol–water partition coefficient (Wildman–Crippen LogP) is 4.50. The number of rotatable bonds is 16. The largest absolute Gasteiger partial charge is 0.514 e. The van der Waals surface area contributed by atoms with Crippen LogP contribution in [-0.4, -0.2) is 78.0 Å². The number of esters is 1. The van der Waals surface area contributed by atoms with Crippen LogP contribution >= 0.6 is 0 Å². The van der Waals surface area contributed by atoms with Crippen LogP contribution in [0.2, 0.25) is 0 Å². The van der Waals surface area contributed by atoms with Gasteiger partial charge in [-0.05, 0) is 63.9 Å². The Morgan fingerprint density at radius 3 is 2.25 bits per heavy atom. The molecule has 1 saturated heterocycles. The number of carbonyl (C=O) groups is 6. The van der Waals surface area contributed by atoms with Crippen LogP contribution in [0.3, 0.4) is 0 Å². The van der Waals surface area contributed by atoms with E-state index < -0.39 is 71.9 Å². The number of Topliss-reactive ketones (excluding diaryl/α,β-unsaturated/α-hetero) is 1. The molecule has 1 fully saturated rings. The smallest absolute Gasteiger partial charge is 0.460 e. The van der Waals surface area contributed by atoms with Crippen molar-refractivity contribution in [3.63, 3.8) is 0 Å². The molecule has 19 heteroatoms. The van der Waals surface area contributed by atoms with Crippen molar-refractivity contribution in [1.82, 2.24) is 10.8 Å². The van der Waals surface area contributed by atoms with Crippen LogP contribution in [0.25, 0.3) is 0 Å². The van der Waals surface area contributed by atoms with Crippen molar-refractivity contribution < 1.29 is 66.9 Å². The van der Waals surface area contributed by atoms with Crippen LogP contribution in [-0.2, 0) is 49.6 Å². The molecule has 0 spiro atoms. The van der Waals surface area contributed by atoms with Gasteiger partial charge in [-0.3, -0.25) is 34.1 Å². The summed E-state index contributed by atoms with van der Waals surface area (Å²) in [7, 11) is 0. The van der Waals surface area contributed by atoms with Crippen molar-refractivity contribution in [1.29, 1.82) is 0 Å². The molecular weight excluding hydrogens is 728 g/mol. The first-order valence-corrected chi connectivity index (χ1v) is 17.2. The van der Waals surface area contributed by atoms with Crippen LogP contribution in [0.15, 0.2) is 42.5 Å². The maximum absolute atomic E-state index is 12.8. The molecule has 2 aromatic rings. The van der Waals surface area contributed by atoms with Crippen LogP contribution in [0.1, 0.15) is 66.9 Å². The number of amides is 3. The minimum atomic E-state index is -1.14. The number of nitrogens with zero attached hydrogens (tertiary/aromatic N) is 1. The average molecular weight is 775 g/mol. The minimum Gasteiger partial charge on any atom is -0.460 e. The van der Waals surface area contributed by atoms with Gasteiger partial charge in [0, 0.05) is 49.1 Å². The number of benzene rings is 2. The lowest BCUT2D eigenvalue weighted by Gasteiger charge is -2.42. The van der Waals surface area contributed by atoms with Crippen LogP contribution < -0.4 is 25.6 Å². The van der Waals surface area contributed by atoms with E-state index in [9.17, 15) is 38.9 Å². The van der Waals surface area contributed by atoms with Crippen molar-refractivity contribution in [2.75, 3.05) is 18.5 Å². The molecule has 0 aliphatic carbocycles. The van der Waals surface area contributed by atoms with Gasteiger partial charge in [0.1, 0.15) is 23.7 Å². The number of carbonyl (C=O) groups excluding carboxylic acids is 6. The van der Waals surface area contributed by atoms with E-state index in [0.29, 0.717) is 0 Å². The summed E-state index contributed by atoms with van der Waals surface area (Å²) in [5.74, 6) is -2.23. The first kappa shape index (κ1) is 43.6. The van der Waals surface area contributed by atoms with Gasteiger partial charge >= 0.3 is 18.2 Å². The lowest BCUT2D eigenvalue weighted by Crippen LogP contribution is -2.52. The first-order valence-electron chi connectivity index (χ1n) is 17.2. The summed E-state index contributed by atoms with van der Waals surface area (Å²) in [5.41, 5.74) is 1.46. The van der Waals surface area contributed by atoms with Gasteiger partial charge in [-0.1, -0.05) is 13.8 Å². The van der Waals surface area contributed by atoms with E-state index >= 15 is 0 Å². The fourth-order valence-corrected chi connectivity index (χ4v) is 5.02. The number of anilines is 1. The van der Waals surface area contributed by atoms with Gasteiger partial charge < -0.3 is 39.1 Å². The van der Waals surface area contributed by atoms with Gasteiger partial charge in [0.05, 0.1) is 17.6 Å². The summed E-state index contributed by atoms with van der Waals surface area (Å²) >= 11 is 0. The topological polar surface area (TPSA) is 246 Å². The molecule has 3 N–H and O–H groups in total. The van der Waals surface area contributed by atoms with Crippen molar-refractivity contribution in [2.24, 2.45) is 11.8 Å². The van der Waals surface area contributed by atoms with Crippen molar-refractivity contribution in [3.8, 4) is 11.5 Å². The number of nitro benzene ring substituents is 1. The van der Waals surface area contributed by atoms with E-state index in [2.05, 4.69) is 10.6 Å². The highest BCUT2D eigenvalue weighted by molar-refractivity contribution is 5.94. The summed E-state index contributed by atoms with van der Waals surface area (Å²) in [4.78, 5) is 88.3. The van der Waals surface area contributed by atoms with Crippen molar-refractivity contribution in [3.05, 3.63) is 58.1 Å². The molecule has 1 aliphatic heterocycles. The molecular formula is C36H46N4O15. The Hall–Kier alpha value is -5.82. The lowest BCUT2D eigenvalue weighted by atomic mass is 9.84. The van der Waals surface area contributed by atoms with Crippen LogP contribution in [0, 0.1) is 22.0 Å². The Morgan fingerprint density at radius 1 is 0.927 bits per heavy atom. The van der Waals surface area contributed by atoms with E-state index in [0.717, 1.165) is 12.1 Å². The molecule has 0 aromatic heterocycles. The molecule has 0 radical (unpaired) electrons. The third-order valence-corrected chi connectivity index (χ3v) is 8.06. The van der Waals surface area contributed by atoms with Crippen LogP contribution in [0.4, 0.5) is 21.0 Å². The van der Waals surface area contributed by atoms with Crippen molar-refractivity contribution in [2.45, 2.75) is 92.0 Å². The average Bonchev–Trinajstić information content (AvgIpc) is 3.09. The number of ether oxygens (including phenoxy) is 6. The second kappa shape index (κ2) is 20.0. The third kappa shape index (κ3) is 14.9. The highest BCUT2D eigenvalue weighted by Crippen LogP contribution is 2.35. The molecule has 3 rings (SSSR count). The van der Waals surface area contributed by atoms with Gasteiger partial charge in [0.25, 0.3) is 5.69 Å². The molecule has 0 saturated carbocycles. The first-order chi connectivity index (χ1) is 25.8. The Morgan fingerprint density at radius 2 is 1.62 bits per heavy atom. The molecule has 5 atom stereocenters. The van der Waals surface area contributed by atoms with E-state index in [-0.39, 0.29) is 65.8 Å². The molecule has 55 heavy (non-hydrogen) atoms. The maximum Gasteiger partial charge on any atom is 0.514 e. The van der Waals surface area contributed by atoms with E-state index in [1.807, 2.05) is 26.3 Å². The van der Waals surface area contributed by atoms with Gasteiger partial charge in [-0.25, -0.2) is 9.59 Å². The quantitative estimate of drug-likeness (QED) is 0.0699. The summed E-state index contributed by atoms with van der Waals surface area (Å²) in [5, 5.41) is 15.9. The number of hydrogen-bond donors (Lipinski definition) is 3. The van der Waals surface area contributed by atoms with E-state index in [1.165, 1.54) is 37.3 Å². The van der Waals surface area contributed by atoms with E-state index in [4.69, 9.17) is 33.3 Å². The fourth-order valence-electron chi connectivity index (χ4n) is 5.02. The van der Waals surface area contributed by atoms with Gasteiger partial charge in [0.15, 0.2) is 18.5 Å². The third-order valence-electron chi connectivity index (χ3n) is 8.06. The maximum atomic E-state index is 12.8. The van der Waals surface area contributed by atoms with Gasteiger partial charge in [-0.15, -0.1) is 0 Å². The highest BCUT2D eigenvalue weighted by atomic mass is 16.7. The molecule has 2 aromatic carbocycles. The summed E-state index contributed by atoms with van der Waals surface area (Å²) in [6, 6.07) is 9.20. The van der Waals surface area contributed by atoms with Crippen molar-refractivity contribution >= 4 is 47.2 Å². The Balaban J connectivity index is 1.64. The summed E-state index contributed by atoms with van der Waals surface area (Å²) in [6.45, 7) is 10.5. The monoisotopic (exact) mass is 774 g/mol. The molecule has 3 amide bonds. The number of nitro groups is 1. The standard InChI is InChI=1S/C36H46N4O15/c1-20-21(2)32(52-23(4)41)33(51-22(20)3)54-29-14-8-25(16-24(29)18-49-35(46)53-28-12-9-26(10-13-28)40(47)48)38-30(43)15-11-27(42)17-37-31(44)19-50-39-34(45)55-36(5,6)7/h8-10,12-14,16,20-22,32-33H,11,15,17-19H2,1-7H3,(H,37,44)(H,38,43)(H,39,45)/t20-,21-,22?,32?,33-/m0/s1. The molecule has 2 unspecified atom stereocenters. The zero-order valence-corrected chi connectivity index (χ0v) is 31.5. The second-order valence-corrected chi connectivity index (χ2v) is 13.6. The molecule has 1 heterocycles. The second-order valence-electron chi connectivity index (χ2n) is 13.6. The minimum absolute atomic E-state index is 0.0114. The Labute approximate surface area is 316 Å². The Bertz CT molecular complexity index is 1710. The molecule has 300 valence electrons. The van der Waals surface area contributed by atoms with Crippen LogP contribution in [0.5, 0.6) is 11.5 Å². The predicted molar refractivity (Wildman–Crippen MR) is 190 cm³/mol. The fraction of sp³-hybridized carbons (Fsp3) is 0.500. The number of nitrogens with one attached hydrogen (secondary N) is 3. The van der Waals surface area contributed by atoms with Gasteiger partial charge in [-0.2, -0.15) is 5.48 Å². The normalized spacial score (nSPS) is 19.2. The number of hydroxylamine groups is 1. The van der Waals surface area contributed by atoms with E-state index in [1.54, 1.807) is 20.8 Å². The number of non-ortho nitro benzene ring substituents is 1. The SMILES string of the molecule is CC(=O)OC1[C@H](Oc2ccc(NC(=O)CCC(=O)CNC(=O)CONC(=O)OC(C)(C)C)cc2COC(=O)Oc2ccc([N+](=O)[O-])cc2)OC(C)[C@@H](C)[C@@H]1C. The summed E-state index contributed by atoms with van der Waals surface area (Å²) in [6.07, 6.45) is -4.61. The molecule has 0 bridgehead atoms. The highest BCUT2D eigenvalue weighted by Gasteiger charge is 2.43. The Kier molecular flexibility index (Phi) is 15.9. The number of ketones is 1. The lowest BCUT2D eigenvalue weighted by molar-refractivity contribution is -0.384.